The summed E-state index contributed by atoms with van der Waals surface area (Å²) in [6.45, 7) is 0. The van der Waals surface area contributed by atoms with E-state index >= 15 is 0 Å². The van der Waals surface area contributed by atoms with Crippen LogP contribution in [0.3, 0.4) is 0 Å². The topological polar surface area (TPSA) is 132 Å². The number of para-hydroxylation sites is 1. The third kappa shape index (κ3) is 2.49. The lowest BCUT2D eigenvalue weighted by Gasteiger charge is -2.24. The number of fused-ring (bicyclic) bond motifs is 2. The van der Waals surface area contributed by atoms with Gasteiger partial charge in [0.15, 0.2) is 5.76 Å². The molecule has 0 bridgehead atoms. The average molecular weight is 361 g/mol. The summed E-state index contributed by atoms with van der Waals surface area (Å²) in [5.74, 6) is -1.16. The van der Waals surface area contributed by atoms with E-state index in [1.54, 1.807) is 30.3 Å². The van der Waals surface area contributed by atoms with Gasteiger partial charge in [-0.25, -0.2) is 0 Å². The number of nitriles is 1. The van der Waals surface area contributed by atoms with Gasteiger partial charge in [-0.2, -0.15) is 5.26 Å². The van der Waals surface area contributed by atoms with Crippen molar-refractivity contribution in [2.24, 2.45) is 5.73 Å². The zero-order valence-electron chi connectivity index (χ0n) is 13.7. The molecule has 1 atom stereocenters. The van der Waals surface area contributed by atoms with Gasteiger partial charge in [0, 0.05) is 12.1 Å². The number of benzene rings is 2. The van der Waals surface area contributed by atoms with Crippen LogP contribution in [-0.4, -0.2) is 4.92 Å². The molecule has 0 radical (unpaired) electrons. The van der Waals surface area contributed by atoms with Gasteiger partial charge < -0.3 is 14.9 Å². The van der Waals surface area contributed by atoms with Crippen molar-refractivity contribution in [2.45, 2.75) is 5.92 Å². The molecule has 2 aromatic carbocycles. The van der Waals surface area contributed by atoms with E-state index in [0.717, 1.165) is 0 Å². The van der Waals surface area contributed by atoms with E-state index in [1.165, 1.54) is 18.2 Å². The van der Waals surface area contributed by atoms with Gasteiger partial charge in [-0.05, 0) is 17.7 Å². The van der Waals surface area contributed by atoms with Gasteiger partial charge in [-0.15, -0.1) is 0 Å². The summed E-state index contributed by atoms with van der Waals surface area (Å²) in [6, 6.07) is 14.3. The summed E-state index contributed by atoms with van der Waals surface area (Å²) >= 11 is 0. The lowest BCUT2D eigenvalue weighted by molar-refractivity contribution is -0.384. The minimum Gasteiger partial charge on any atom is -0.456 e. The maximum absolute atomic E-state index is 12.8. The van der Waals surface area contributed by atoms with E-state index in [4.69, 9.17) is 14.9 Å². The van der Waals surface area contributed by atoms with Gasteiger partial charge in [-0.1, -0.05) is 24.3 Å². The van der Waals surface area contributed by atoms with Crippen LogP contribution in [0.25, 0.3) is 11.0 Å². The summed E-state index contributed by atoms with van der Waals surface area (Å²) in [4.78, 5) is 23.4. The Morgan fingerprint density at radius 2 is 1.96 bits per heavy atom. The molecule has 0 saturated heterocycles. The maximum atomic E-state index is 12.8. The zero-order valence-corrected chi connectivity index (χ0v) is 13.7. The summed E-state index contributed by atoms with van der Waals surface area (Å²) in [5.41, 5.74) is 6.01. The lowest BCUT2D eigenvalue weighted by Crippen LogP contribution is -2.25. The fourth-order valence-electron chi connectivity index (χ4n) is 3.12. The molecule has 0 saturated carbocycles. The monoisotopic (exact) mass is 361 g/mol. The van der Waals surface area contributed by atoms with Crippen LogP contribution in [0.2, 0.25) is 0 Å². The molecular formula is C19H11N3O5. The Labute approximate surface area is 151 Å². The Kier molecular flexibility index (Phi) is 3.63. The second-order valence-electron chi connectivity index (χ2n) is 5.90. The van der Waals surface area contributed by atoms with Crippen molar-refractivity contribution in [3.63, 3.8) is 0 Å². The molecule has 8 nitrogen and oxygen atoms in total. The zero-order chi connectivity index (χ0) is 19.1. The summed E-state index contributed by atoms with van der Waals surface area (Å²) in [5, 5.41) is 21.0. The fraction of sp³-hybridized carbons (Fsp3) is 0.0526. The van der Waals surface area contributed by atoms with Crippen molar-refractivity contribution in [3.05, 3.63) is 91.6 Å². The van der Waals surface area contributed by atoms with Crippen LogP contribution in [0.4, 0.5) is 5.69 Å². The van der Waals surface area contributed by atoms with E-state index in [9.17, 15) is 20.2 Å². The molecule has 1 aliphatic heterocycles. The van der Waals surface area contributed by atoms with Crippen LogP contribution in [0.15, 0.2) is 69.2 Å². The van der Waals surface area contributed by atoms with E-state index in [2.05, 4.69) is 0 Å². The van der Waals surface area contributed by atoms with Crippen molar-refractivity contribution in [1.29, 1.82) is 5.26 Å². The highest BCUT2D eigenvalue weighted by Gasteiger charge is 2.36. The van der Waals surface area contributed by atoms with Crippen LogP contribution in [0.1, 0.15) is 17.2 Å². The van der Waals surface area contributed by atoms with Gasteiger partial charge in [0.25, 0.3) is 5.69 Å². The number of nitrogens with zero attached hydrogens (tertiary/aromatic N) is 2. The Morgan fingerprint density at radius 3 is 2.70 bits per heavy atom. The molecule has 4 rings (SSSR count). The number of hydrogen-bond acceptors (Lipinski definition) is 7. The van der Waals surface area contributed by atoms with Crippen LogP contribution in [0.5, 0.6) is 5.75 Å². The Bertz CT molecular complexity index is 1240. The molecule has 0 amide bonds. The molecule has 2 N–H and O–H groups in total. The summed E-state index contributed by atoms with van der Waals surface area (Å²) < 4.78 is 11.3. The molecule has 1 aliphatic rings. The lowest BCUT2D eigenvalue weighted by atomic mass is 9.87. The van der Waals surface area contributed by atoms with Crippen LogP contribution in [0, 0.1) is 21.4 Å². The summed E-state index contributed by atoms with van der Waals surface area (Å²) in [6.07, 6.45) is 0. The van der Waals surface area contributed by atoms with E-state index in [1.807, 2.05) is 6.07 Å². The molecule has 1 unspecified atom stereocenters. The molecule has 0 fully saturated rings. The van der Waals surface area contributed by atoms with Crippen molar-refractivity contribution < 1.29 is 14.1 Å². The number of non-ortho nitro benzene ring substituents is 1. The number of ether oxygens (including phenoxy) is 1. The summed E-state index contributed by atoms with van der Waals surface area (Å²) in [7, 11) is 0. The highest BCUT2D eigenvalue weighted by atomic mass is 16.6. The Balaban J connectivity index is 2.04. The van der Waals surface area contributed by atoms with Crippen LogP contribution >= 0.6 is 0 Å². The number of nitro groups is 1. The fourth-order valence-corrected chi connectivity index (χ4v) is 3.12. The number of allylic oxidation sites excluding steroid dienone is 1. The van der Waals surface area contributed by atoms with Crippen LogP contribution < -0.4 is 15.9 Å². The van der Waals surface area contributed by atoms with Crippen molar-refractivity contribution >= 4 is 16.7 Å². The van der Waals surface area contributed by atoms with E-state index < -0.39 is 16.3 Å². The first kappa shape index (κ1) is 16.4. The van der Waals surface area contributed by atoms with Gasteiger partial charge >= 0.3 is 0 Å². The highest BCUT2D eigenvalue weighted by molar-refractivity contribution is 5.78. The molecule has 132 valence electrons. The first-order valence-electron chi connectivity index (χ1n) is 7.89. The number of rotatable bonds is 2. The third-order valence-electron chi connectivity index (χ3n) is 4.34. The second-order valence-corrected chi connectivity index (χ2v) is 5.90. The van der Waals surface area contributed by atoms with E-state index in [0.29, 0.717) is 16.5 Å². The number of nitrogens with two attached hydrogens (primary N) is 1. The quantitative estimate of drug-likeness (QED) is 0.548. The molecule has 0 aliphatic carbocycles. The van der Waals surface area contributed by atoms with Gasteiger partial charge in [0.2, 0.25) is 17.1 Å². The average Bonchev–Trinajstić information content (AvgIpc) is 2.68. The largest absolute Gasteiger partial charge is 0.456 e. The van der Waals surface area contributed by atoms with Crippen LogP contribution in [-0.2, 0) is 0 Å². The maximum Gasteiger partial charge on any atom is 0.269 e. The molecule has 3 aromatic rings. The van der Waals surface area contributed by atoms with E-state index in [-0.39, 0.29) is 28.7 Å². The Hall–Kier alpha value is -4.12. The minimum atomic E-state index is -0.893. The molecule has 1 aromatic heterocycles. The molecule has 8 heteroatoms. The molecule has 27 heavy (non-hydrogen) atoms. The predicted octanol–water partition coefficient (Wildman–Crippen LogP) is 2.92. The minimum absolute atomic E-state index is 0.0152. The predicted molar refractivity (Wildman–Crippen MR) is 94.9 cm³/mol. The standard InChI is InChI=1S/C19H11N3O5/c20-9-13-15(10-4-3-5-11(8-10)22(24)25)17-18(27-19(13)21)16(23)12-6-1-2-7-14(12)26-17/h1-8,15H,21H2. The van der Waals surface area contributed by atoms with Gasteiger partial charge in [0.05, 0.1) is 16.2 Å². The Morgan fingerprint density at radius 1 is 1.19 bits per heavy atom. The molecule has 2 heterocycles. The normalized spacial score (nSPS) is 15.7. The third-order valence-corrected chi connectivity index (χ3v) is 4.34. The first-order chi connectivity index (χ1) is 13.0. The highest BCUT2D eigenvalue weighted by Crippen LogP contribution is 2.42. The number of hydrogen-bond donors (Lipinski definition) is 1. The number of nitro benzene ring substituents is 1. The first-order valence-corrected chi connectivity index (χ1v) is 7.89. The van der Waals surface area contributed by atoms with Crippen molar-refractivity contribution in [2.75, 3.05) is 0 Å². The SMILES string of the molecule is N#CC1=C(N)Oc2c(oc3ccccc3c2=O)C1c1cccc([N+](=O)[O-])c1. The molecule has 0 spiro atoms. The molecular weight excluding hydrogens is 350 g/mol. The van der Waals surface area contributed by atoms with Gasteiger partial charge in [0.1, 0.15) is 17.2 Å². The smallest absolute Gasteiger partial charge is 0.269 e. The second kappa shape index (κ2) is 6.00. The van der Waals surface area contributed by atoms with Gasteiger partial charge in [-0.3, -0.25) is 14.9 Å². The van der Waals surface area contributed by atoms with Crippen molar-refractivity contribution in [1.82, 2.24) is 0 Å². The van der Waals surface area contributed by atoms with Crippen molar-refractivity contribution in [3.8, 4) is 11.8 Å².